The van der Waals surface area contributed by atoms with Gasteiger partial charge in [0.15, 0.2) is 0 Å². The fourth-order valence-corrected chi connectivity index (χ4v) is 2.01. The van der Waals surface area contributed by atoms with Crippen LogP contribution in [0.15, 0.2) is 18.1 Å². The van der Waals surface area contributed by atoms with Crippen molar-refractivity contribution in [1.82, 2.24) is 25.6 Å². The van der Waals surface area contributed by atoms with Crippen LogP contribution < -0.4 is 21.7 Å². The van der Waals surface area contributed by atoms with Gasteiger partial charge in [-0.15, -0.1) is 0 Å². The number of H-pyrrole nitrogens is 1. The topological polar surface area (TPSA) is 104 Å². The van der Waals surface area contributed by atoms with E-state index in [1.165, 1.54) is 0 Å². The minimum atomic E-state index is 0.344. The monoisotopic (exact) mass is 295 g/mol. The SMILES string of the molecule is CCN/C=C(\CNC)Nc1nc(N)c2c(Cl)c[nH]c2n1. The third kappa shape index (κ3) is 3.12. The number of hydrogen-bond donors (Lipinski definition) is 5. The number of fused-ring (bicyclic) bond motifs is 1. The molecule has 0 amide bonds. The third-order valence-corrected chi connectivity index (χ3v) is 2.93. The first kappa shape index (κ1) is 14.4. The van der Waals surface area contributed by atoms with Crippen molar-refractivity contribution in [3.63, 3.8) is 0 Å². The van der Waals surface area contributed by atoms with Gasteiger partial charge in [0.25, 0.3) is 0 Å². The van der Waals surface area contributed by atoms with Gasteiger partial charge in [0.05, 0.1) is 10.4 Å². The lowest BCUT2D eigenvalue weighted by molar-refractivity contribution is 0.845. The molecular weight excluding hydrogens is 278 g/mol. The van der Waals surface area contributed by atoms with Crippen LogP contribution in [0.5, 0.6) is 0 Å². The summed E-state index contributed by atoms with van der Waals surface area (Å²) in [6.07, 6.45) is 3.52. The second-order valence-corrected chi connectivity index (χ2v) is 4.58. The maximum absolute atomic E-state index is 6.01. The van der Waals surface area contributed by atoms with Crippen molar-refractivity contribution >= 4 is 34.4 Å². The molecule has 8 heteroatoms. The fourth-order valence-electron chi connectivity index (χ4n) is 1.77. The maximum Gasteiger partial charge on any atom is 0.231 e. The molecule has 2 aromatic heterocycles. The van der Waals surface area contributed by atoms with Crippen molar-refractivity contribution in [3.8, 4) is 0 Å². The Balaban J connectivity index is 2.28. The molecule has 0 aliphatic carbocycles. The summed E-state index contributed by atoms with van der Waals surface area (Å²) in [6.45, 7) is 3.51. The molecule has 20 heavy (non-hydrogen) atoms. The number of hydrogen-bond acceptors (Lipinski definition) is 6. The number of halogens is 1. The van der Waals surface area contributed by atoms with Crippen molar-refractivity contribution in [2.24, 2.45) is 0 Å². The van der Waals surface area contributed by atoms with Gasteiger partial charge in [0.1, 0.15) is 11.5 Å². The summed E-state index contributed by atoms with van der Waals surface area (Å²) < 4.78 is 0. The van der Waals surface area contributed by atoms with Gasteiger partial charge in [0, 0.05) is 31.2 Å². The Hall–Kier alpha value is -1.99. The molecule has 108 valence electrons. The van der Waals surface area contributed by atoms with E-state index >= 15 is 0 Å². The Bertz CT molecular complexity index is 620. The molecule has 0 aliphatic rings. The van der Waals surface area contributed by atoms with E-state index in [-0.39, 0.29) is 0 Å². The van der Waals surface area contributed by atoms with E-state index < -0.39 is 0 Å². The average Bonchev–Trinajstić information content (AvgIpc) is 2.78. The smallest absolute Gasteiger partial charge is 0.231 e. The van der Waals surface area contributed by atoms with Crippen molar-refractivity contribution < 1.29 is 0 Å². The first-order valence-corrected chi connectivity index (χ1v) is 6.67. The largest absolute Gasteiger partial charge is 0.390 e. The van der Waals surface area contributed by atoms with Gasteiger partial charge >= 0.3 is 0 Å². The Morgan fingerprint density at radius 3 is 3.00 bits per heavy atom. The number of rotatable bonds is 6. The number of likely N-dealkylation sites (N-methyl/N-ethyl adjacent to an activating group) is 1. The predicted octanol–water partition coefficient (Wildman–Crippen LogP) is 1.28. The molecule has 0 atom stereocenters. The summed E-state index contributed by atoms with van der Waals surface area (Å²) in [5.41, 5.74) is 7.42. The summed E-state index contributed by atoms with van der Waals surface area (Å²) in [6, 6.07) is 0. The van der Waals surface area contributed by atoms with E-state index in [4.69, 9.17) is 17.3 Å². The summed E-state index contributed by atoms with van der Waals surface area (Å²) in [4.78, 5) is 11.5. The molecular formula is C12H18ClN7. The molecule has 0 unspecified atom stereocenters. The Morgan fingerprint density at radius 1 is 1.50 bits per heavy atom. The molecule has 0 fully saturated rings. The van der Waals surface area contributed by atoms with Gasteiger partial charge in [0.2, 0.25) is 5.95 Å². The van der Waals surface area contributed by atoms with E-state index in [1.54, 1.807) is 6.20 Å². The van der Waals surface area contributed by atoms with Crippen LogP contribution in [0.25, 0.3) is 11.0 Å². The highest BCUT2D eigenvalue weighted by Gasteiger charge is 2.11. The van der Waals surface area contributed by atoms with Gasteiger partial charge in [-0.2, -0.15) is 9.97 Å². The molecule has 2 heterocycles. The van der Waals surface area contributed by atoms with E-state index in [9.17, 15) is 0 Å². The lowest BCUT2D eigenvalue weighted by atomic mass is 10.4. The molecule has 6 N–H and O–H groups in total. The van der Waals surface area contributed by atoms with Gasteiger partial charge < -0.3 is 26.7 Å². The van der Waals surface area contributed by atoms with Gasteiger partial charge in [-0.25, -0.2) is 0 Å². The molecule has 0 saturated heterocycles. The number of nitrogens with two attached hydrogens (primary N) is 1. The zero-order valence-corrected chi connectivity index (χ0v) is 12.2. The van der Waals surface area contributed by atoms with Gasteiger partial charge in [-0.05, 0) is 14.0 Å². The first-order valence-electron chi connectivity index (χ1n) is 6.29. The molecule has 0 saturated carbocycles. The van der Waals surface area contributed by atoms with E-state index in [2.05, 4.69) is 30.9 Å². The average molecular weight is 296 g/mol. The van der Waals surface area contributed by atoms with Crippen molar-refractivity contribution in [3.05, 3.63) is 23.1 Å². The minimum absolute atomic E-state index is 0.344. The highest BCUT2D eigenvalue weighted by Crippen LogP contribution is 2.27. The van der Waals surface area contributed by atoms with Crippen LogP contribution in [0, 0.1) is 0 Å². The zero-order chi connectivity index (χ0) is 14.5. The number of aromatic amines is 1. The van der Waals surface area contributed by atoms with Gasteiger partial charge in [-0.1, -0.05) is 11.6 Å². The van der Waals surface area contributed by atoms with Gasteiger partial charge in [-0.3, -0.25) is 0 Å². The number of nitrogens with zero attached hydrogens (tertiary/aromatic N) is 2. The molecule has 7 nitrogen and oxygen atoms in total. The van der Waals surface area contributed by atoms with E-state index in [0.29, 0.717) is 34.4 Å². The van der Waals surface area contributed by atoms with Crippen molar-refractivity contribution in [2.45, 2.75) is 6.92 Å². The van der Waals surface area contributed by atoms with Crippen LogP contribution in [0.4, 0.5) is 11.8 Å². The van der Waals surface area contributed by atoms with Crippen molar-refractivity contribution in [2.75, 3.05) is 31.2 Å². The van der Waals surface area contributed by atoms with E-state index in [1.807, 2.05) is 20.2 Å². The van der Waals surface area contributed by atoms with Crippen LogP contribution in [-0.2, 0) is 0 Å². The molecule has 0 aromatic carbocycles. The lowest BCUT2D eigenvalue weighted by Gasteiger charge is -2.10. The second kappa shape index (κ2) is 6.44. The first-order chi connectivity index (χ1) is 9.65. The van der Waals surface area contributed by atoms with Crippen LogP contribution >= 0.6 is 11.6 Å². The Labute approximate surface area is 122 Å². The van der Waals surface area contributed by atoms with Crippen molar-refractivity contribution in [1.29, 1.82) is 0 Å². The Kier molecular flexibility index (Phi) is 4.65. The number of nitrogen functional groups attached to an aromatic ring is 1. The lowest BCUT2D eigenvalue weighted by Crippen LogP contribution is -2.20. The van der Waals surface area contributed by atoms with Crippen LogP contribution in [-0.4, -0.2) is 35.1 Å². The van der Waals surface area contributed by atoms with Crippen LogP contribution in [0.3, 0.4) is 0 Å². The molecule has 0 radical (unpaired) electrons. The maximum atomic E-state index is 6.01. The second-order valence-electron chi connectivity index (χ2n) is 4.18. The molecule has 2 rings (SSSR count). The molecule has 0 aliphatic heterocycles. The standard InChI is InChI=1S/C12H18ClN7/c1-3-16-5-7(4-15-2)18-12-19-10(14)9-8(13)6-17-11(9)20-12/h5-6,15-16H,3-4H2,1-2H3,(H4,14,17,18,19,20)/b7-5+. The minimum Gasteiger partial charge on any atom is -0.390 e. The molecule has 2 aromatic rings. The highest BCUT2D eigenvalue weighted by atomic mass is 35.5. The highest BCUT2D eigenvalue weighted by molar-refractivity contribution is 6.36. The molecule has 0 spiro atoms. The summed E-state index contributed by atoms with van der Waals surface area (Å²) >= 11 is 6.01. The molecule has 0 bridgehead atoms. The van der Waals surface area contributed by atoms with Crippen LogP contribution in [0.2, 0.25) is 5.02 Å². The van der Waals surface area contributed by atoms with E-state index in [0.717, 1.165) is 12.2 Å². The summed E-state index contributed by atoms with van der Waals surface area (Å²) in [5.74, 6) is 0.768. The Morgan fingerprint density at radius 2 is 2.30 bits per heavy atom. The summed E-state index contributed by atoms with van der Waals surface area (Å²) in [5, 5.41) is 10.5. The number of nitrogens with one attached hydrogen (secondary N) is 4. The quantitative estimate of drug-likeness (QED) is 0.550. The number of aromatic nitrogens is 3. The fraction of sp³-hybridized carbons (Fsp3) is 0.333. The van der Waals surface area contributed by atoms with Crippen LogP contribution in [0.1, 0.15) is 6.92 Å². The number of anilines is 2. The third-order valence-electron chi connectivity index (χ3n) is 2.63. The summed E-state index contributed by atoms with van der Waals surface area (Å²) in [7, 11) is 1.87. The normalized spacial score (nSPS) is 11.8. The zero-order valence-electron chi connectivity index (χ0n) is 11.4. The predicted molar refractivity (Wildman–Crippen MR) is 82.6 cm³/mol.